The van der Waals surface area contributed by atoms with Crippen LogP contribution in [0.15, 0.2) is 16.8 Å². The van der Waals surface area contributed by atoms with E-state index in [0.717, 1.165) is 12.5 Å². The van der Waals surface area contributed by atoms with Gasteiger partial charge in [-0.3, -0.25) is 0 Å². The fourth-order valence-electron chi connectivity index (χ4n) is 1.57. The van der Waals surface area contributed by atoms with E-state index in [4.69, 9.17) is 0 Å². The first-order valence-electron chi connectivity index (χ1n) is 5.62. The number of nitrogens with one attached hydrogen (secondary N) is 1. The van der Waals surface area contributed by atoms with Gasteiger partial charge in [-0.1, -0.05) is 33.1 Å². The maximum absolute atomic E-state index is 3.49. The second-order valence-electron chi connectivity index (χ2n) is 3.81. The molecule has 0 bridgehead atoms. The van der Waals surface area contributed by atoms with Crippen molar-refractivity contribution in [2.24, 2.45) is 5.92 Å². The van der Waals surface area contributed by atoms with E-state index in [1.165, 1.54) is 31.4 Å². The van der Waals surface area contributed by atoms with Crippen LogP contribution in [0.1, 0.15) is 39.5 Å². The molecule has 1 heterocycles. The number of hydrogen-bond donors (Lipinski definition) is 1. The van der Waals surface area contributed by atoms with Crippen LogP contribution in [0, 0.1) is 5.92 Å². The van der Waals surface area contributed by atoms with Crippen LogP contribution in [0.3, 0.4) is 0 Å². The van der Waals surface area contributed by atoms with Gasteiger partial charge in [0.05, 0.1) is 0 Å². The SMILES string of the molecule is CCCC[C@@H](CC)CNc1ccsc1. The smallest absolute Gasteiger partial charge is 0.0448 e. The van der Waals surface area contributed by atoms with Gasteiger partial charge in [0.25, 0.3) is 0 Å². The second kappa shape index (κ2) is 6.88. The zero-order valence-corrected chi connectivity index (χ0v) is 10.1. The van der Waals surface area contributed by atoms with Crippen molar-refractivity contribution in [3.63, 3.8) is 0 Å². The van der Waals surface area contributed by atoms with E-state index < -0.39 is 0 Å². The molecule has 0 amide bonds. The molecule has 0 saturated carbocycles. The molecule has 1 N–H and O–H groups in total. The molecule has 0 aliphatic carbocycles. The van der Waals surface area contributed by atoms with Crippen LogP contribution in [0.2, 0.25) is 0 Å². The molecule has 0 aliphatic rings. The van der Waals surface area contributed by atoms with Gasteiger partial charge in [-0.2, -0.15) is 11.3 Å². The Morgan fingerprint density at radius 2 is 2.29 bits per heavy atom. The molecule has 1 nitrogen and oxygen atoms in total. The van der Waals surface area contributed by atoms with Crippen LogP contribution in [0.5, 0.6) is 0 Å². The summed E-state index contributed by atoms with van der Waals surface area (Å²) in [6.45, 7) is 5.68. The first kappa shape index (κ1) is 11.6. The van der Waals surface area contributed by atoms with E-state index in [2.05, 4.69) is 36.0 Å². The van der Waals surface area contributed by atoms with Gasteiger partial charge in [0, 0.05) is 17.6 Å². The van der Waals surface area contributed by atoms with Gasteiger partial charge in [-0.05, 0) is 23.8 Å². The average Bonchev–Trinajstić information content (AvgIpc) is 2.71. The molecule has 1 aromatic heterocycles. The van der Waals surface area contributed by atoms with Crippen LogP contribution in [0.4, 0.5) is 5.69 Å². The van der Waals surface area contributed by atoms with Gasteiger partial charge in [-0.25, -0.2) is 0 Å². The topological polar surface area (TPSA) is 12.0 Å². The molecule has 1 rings (SSSR count). The summed E-state index contributed by atoms with van der Waals surface area (Å²) in [6, 6.07) is 2.15. The zero-order valence-electron chi connectivity index (χ0n) is 9.25. The van der Waals surface area contributed by atoms with E-state index in [-0.39, 0.29) is 0 Å². The number of hydrogen-bond acceptors (Lipinski definition) is 2. The van der Waals surface area contributed by atoms with Crippen molar-refractivity contribution in [1.29, 1.82) is 0 Å². The lowest BCUT2D eigenvalue weighted by Gasteiger charge is -2.15. The summed E-state index contributed by atoms with van der Waals surface area (Å²) < 4.78 is 0. The van der Waals surface area contributed by atoms with Crippen molar-refractivity contribution in [3.8, 4) is 0 Å². The third kappa shape index (κ3) is 4.14. The van der Waals surface area contributed by atoms with Gasteiger partial charge in [0.1, 0.15) is 0 Å². The predicted octanol–water partition coefficient (Wildman–Crippen LogP) is 4.38. The molecule has 2 heteroatoms. The van der Waals surface area contributed by atoms with E-state index in [1.54, 1.807) is 11.3 Å². The Morgan fingerprint density at radius 1 is 1.43 bits per heavy atom. The third-order valence-electron chi connectivity index (χ3n) is 2.66. The number of rotatable bonds is 7. The van der Waals surface area contributed by atoms with Crippen molar-refractivity contribution < 1.29 is 0 Å². The Kier molecular flexibility index (Phi) is 5.69. The lowest BCUT2D eigenvalue weighted by atomic mass is 9.99. The van der Waals surface area contributed by atoms with Gasteiger partial charge in [0.15, 0.2) is 0 Å². The van der Waals surface area contributed by atoms with Crippen molar-refractivity contribution >= 4 is 17.0 Å². The van der Waals surface area contributed by atoms with Crippen LogP contribution < -0.4 is 5.32 Å². The molecule has 0 aliphatic heterocycles. The average molecular weight is 211 g/mol. The monoisotopic (exact) mass is 211 g/mol. The van der Waals surface area contributed by atoms with Crippen LogP contribution in [-0.4, -0.2) is 6.54 Å². The Labute approximate surface area is 91.5 Å². The lowest BCUT2D eigenvalue weighted by molar-refractivity contribution is 0.473. The fourth-order valence-corrected chi connectivity index (χ4v) is 2.18. The Balaban J connectivity index is 2.20. The molecular formula is C12H21NS. The molecule has 0 aromatic carbocycles. The summed E-state index contributed by atoms with van der Waals surface area (Å²) in [5, 5.41) is 7.79. The largest absolute Gasteiger partial charge is 0.384 e. The highest BCUT2D eigenvalue weighted by molar-refractivity contribution is 7.08. The quantitative estimate of drug-likeness (QED) is 0.706. The fraction of sp³-hybridized carbons (Fsp3) is 0.667. The molecule has 0 fully saturated rings. The van der Waals surface area contributed by atoms with E-state index in [9.17, 15) is 0 Å². The summed E-state index contributed by atoms with van der Waals surface area (Å²) in [5.74, 6) is 0.842. The van der Waals surface area contributed by atoms with E-state index in [1.807, 2.05) is 0 Å². The van der Waals surface area contributed by atoms with Crippen molar-refractivity contribution in [2.45, 2.75) is 39.5 Å². The van der Waals surface area contributed by atoms with Gasteiger partial charge >= 0.3 is 0 Å². The first-order chi connectivity index (χ1) is 6.86. The minimum atomic E-state index is 0.842. The van der Waals surface area contributed by atoms with Gasteiger partial charge in [0.2, 0.25) is 0 Å². The molecule has 0 spiro atoms. The molecule has 0 unspecified atom stereocenters. The summed E-state index contributed by atoms with van der Waals surface area (Å²) in [7, 11) is 0. The predicted molar refractivity (Wildman–Crippen MR) is 66.1 cm³/mol. The number of unbranched alkanes of at least 4 members (excludes halogenated alkanes) is 1. The maximum atomic E-state index is 3.49. The minimum Gasteiger partial charge on any atom is -0.384 e. The van der Waals surface area contributed by atoms with Crippen molar-refractivity contribution in [1.82, 2.24) is 0 Å². The maximum Gasteiger partial charge on any atom is 0.0448 e. The zero-order chi connectivity index (χ0) is 10.2. The molecular weight excluding hydrogens is 190 g/mol. The Bertz CT molecular complexity index is 218. The third-order valence-corrected chi connectivity index (χ3v) is 3.34. The Morgan fingerprint density at radius 3 is 2.86 bits per heavy atom. The molecule has 0 radical (unpaired) electrons. The molecule has 14 heavy (non-hydrogen) atoms. The normalized spacial score (nSPS) is 12.7. The molecule has 1 aromatic rings. The molecule has 80 valence electrons. The lowest BCUT2D eigenvalue weighted by Crippen LogP contribution is -2.13. The van der Waals surface area contributed by atoms with Crippen molar-refractivity contribution in [2.75, 3.05) is 11.9 Å². The summed E-state index contributed by atoms with van der Waals surface area (Å²) >= 11 is 1.75. The van der Waals surface area contributed by atoms with Crippen molar-refractivity contribution in [3.05, 3.63) is 16.8 Å². The second-order valence-corrected chi connectivity index (χ2v) is 4.59. The van der Waals surface area contributed by atoms with Gasteiger partial charge < -0.3 is 5.32 Å². The van der Waals surface area contributed by atoms with Crippen LogP contribution in [-0.2, 0) is 0 Å². The summed E-state index contributed by atoms with van der Waals surface area (Å²) in [6.07, 6.45) is 5.33. The van der Waals surface area contributed by atoms with E-state index in [0.29, 0.717) is 0 Å². The first-order valence-corrected chi connectivity index (χ1v) is 6.57. The van der Waals surface area contributed by atoms with Gasteiger partial charge in [-0.15, -0.1) is 0 Å². The van der Waals surface area contributed by atoms with E-state index >= 15 is 0 Å². The number of anilines is 1. The summed E-state index contributed by atoms with van der Waals surface area (Å²) in [5.41, 5.74) is 1.28. The standard InChI is InChI=1S/C12H21NS/c1-3-5-6-11(4-2)9-13-12-7-8-14-10-12/h7-8,10-11,13H,3-6,9H2,1-2H3/t11-/m1/s1. The molecule has 1 atom stereocenters. The highest BCUT2D eigenvalue weighted by atomic mass is 32.1. The Hall–Kier alpha value is -0.500. The van der Waals surface area contributed by atoms with Crippen LogP contribution in [0.25, 0.3) is 0 Å². The minimum absolute atomic E-state index is 0.842. The highest BCUT2D eigenvalue weighted by Crippen LogP contribution is 2.16. The summed E-state index contributed by atoms with van der Waals surface area (Å²) in [4.78, 5) is 0. The van der Waals surface area contributed by atoms with Crippen LogP contribution >= 0.6 is 11.3 Å². The highest BCUT2D eigenvalue weighted by Gasteiger charge is 2.04. The number of thiophene rings is 1. The molecule has 0 saturated heterocycles.